The Balaban J connectivity index is 2.00. The number of hydrogen-bond acceptors (Lipinski definition) is 4. The first kappa shape index (κ1) is 17.4. The summed E-state index contributed by atoms with van der Waals surface area (Å²) in [6.07, 6.45) is 0. The Morgan fingerprint density at radius 1 is 1.36 bits per heavy atom. The molecule has 0 amide bonds. The minimum Gasteiger partial charge on any atom is -0.366 e. The van der Waals surface area contributed by atoms with Gasteiger partial charge in [0.2, 0.25) is 0 Å². The molecule has 0 atom stereocenters. The predicted octanol–water partition coefficient (Wildman–Crippen LogP) is 4.26. The van der Waals surface area contributed by atoms with Crippen molar-refractivity contribution >= 4 is 27.6 Å². The minimum atomic E-state index is -0.265. The molecule has 6 heteroatoms. The fraction of sp³-hybridized carbons (Fsp3) is 0.263. The van der Waals surface area contributed by atoms with Crippen LogP contribution >= 0.6 is 11.3 Å². The van der Waals surface area contributed by atoms with Gasteiger partial charge in [-0.05, 0) is 50.6 Å². The van der Waals surface area contributed by atoms with Gasteiger partial charge in [0.15, 0.2) is 4.96 Å². The van der Waals surface area contributed by atoms with E-state index in [-0.39, 0.29) is 11.4 Å². The van der Waals surface area contributed by atoms with Gasteiger partial charge in [0, 0.05) is 23.2 Å². The summed E-state index contributed by atoms with van der Waals surface area (Å²) in [4.78, 5) is 21.0. The van der Waals surface area contributed by atoms with Gasteiger partial charge in [-0.3, -0.25) is 9.20 Å². The van der Waals surface area contributed by atoms with Crippen LogP contribution in [-0.4, -0.2) is 15.9 Å². The van der Waals surface area contributed by atoms with Crippen molar-refractivity contribution in [2.75, 3.05) is 11.4 Å². The number of hydrogen-bond donors (Lipinski definition) is 0. The van der Waals surface area contributed by atoms with Gasteiger partial charge >= 0.3 is 0 Å². The Kier molecular flexibility index (Phi) is 4.72. The van der Waals surface area contributed by atoms with Crippen LogP contribution in [0.25, 0.3) is 10.5 Å². The topological polar surface area (TPSA) is 37.6 Å². The molecule has 0 fully saturated rings. The lowest BCUT2D eigenvalue weighted by Crippen LogP contribution is -2.25. The Bertz CT molecular complexity index is 988. The zero-order valence-corrected chi connectivity index (χ0v) is 15.4. The normalized spacial score (nSPS) is 11.0. The maximum Gasteiger partial charge on any atom is 0.259 e. The van der Waals surface area contributed by atoms with Crippen LogP contribution in [0.5, 0.6) is 0 Å². The molecule has 0 spiro atoms. The lowest BCUT2D eigenvalue weighted by molar-refractivity contribution is 0.627. The number of anilines is 1. The van der Waals surface area contributed by atoms with Crippen molar-refractivity contribution in [1.29, 1.82) is 0 Å². The Labute approximate surface area is 149 Å². The SMILES string of the molecule is C=C(C)c1c(C)sc2nc(CN(CC)c3ccc(F)cc3)cc(=O)n12. The monoisotopic (exact) mass is 357 g/mol. The smallest absolute Gasteiger partial charge is 0.259 e. The van der Waals surface area contributed by atoms with E-state index in [1.165, 1.54) is 23.5 Å². The molecule has 25 heavy (non-hydrogen) atoms. The Morgan fingerprint density at radius 2 is 2.04 bits per heavy atom. The number of aryl methyl sites for hydroxylation is 1. The van der Waals surface area contributed by atoms with Gasteiger partial charge in [-0.25, -0.2) is 9.37 Å². The van der Waals surface area contributed by atoms with Crippen LogP contribution in [0.1, 0.15) is 30.1 Å². The number of benzene rings is 1. The van der Waals surface area contributed by atoms with Crippen molar-refractivity contribution in [1.82, 2.24) is 9.38 Å². The number of fused-ring (bicyclic) bond motifs is 1. The summed E-state index contributed by atoms with van der Waals surface area (Å²) in [7, 11) is 0. The van der Waals surface area contributed by atoms with Crippen molar-refractivity contribution in [3.8, 4) is 0 Å². The summed E-state index contributed by atoms with van der Waals surface area (Å²) >= 11 is 1.49. The van der Waals surface area contributed by atoms with Gasteiger partial charge in [0.05, 0.1) is 17.9 Å². The molecule has 0 saturated carbocycles. The van der Waals surface area contributed by atoms with Crippen LogP contribution in [0.3, 0.4) is 0 Å². The molecule has 4 nitrogen and oxygen atoms in total. The number of nitrogens with zero attached hydrogens (tertiary/aromatic N) is 3. The first-order valence-electron chi connectivity index (χ1n) is 8.09. The molecular formula is C19H20FN3OS. The molecule has 130 valence electrons. The second-order valence-electron chi connectivity index (χ2n) is 5.98. The first-order valence-corrected chi connectivity index (χ1v) is 8.90. The summed E-state index contributed by atoms with van der Waals surface area (Å²) < 4.78 is 14.8. The number of allylic oxidation sites excluding steroid dienone is 1. The lowest BCUT2D eigenvalue weighted by Gasteiger charge is -2.22. The van der Waals surface area contributed by atoms with Crippen molar-refractivity contribution in [2.24, 2.45) is 0 Å². The predicted molar refractivity (Wildman–Crippen MR) is 102 cm³/mol. The van der Waals surface area contributed by atoms with E-state index in [0.29, 0.717) is 17.2 Å². The summed E-state index contributed by atoms with van der Waals surface area (Å²) in [6.45, 7) is 11.1. The van der Waals surface area contributed by atoms with Gasteiger partial charge in [0.1, 0.15) is 5.82 Å². The van der Waals surface area contributed by atoms with E-state index in [4.69, 9.17) is 0 Å². The van der Waals surface area contributed by atoms with Crippen LogP contribution in [-0.2, 0) is 6.54 Å². The van der Waals surface area contributed by atoms with Crippen LogP contribution in [0, 0.1) is 12.7 Å². The molecule has 0 aliphatic carbocycles. The number of aromatic nitrogens is 2. The zero-order chi connectivity index (χ0) is 18.1. The number of halogens is 1. The second kappa shape index (κ2) is 6.80. The number of rotatable bonds is 5. The molecule has 2 aromatic heterocycles. The molecule has 2 heterocycles. The van der Waals surface area contributed by atoms with Crippen molar-refractivity contribution in [2.45, 2.75) is 27.3 Å². The summed E-state index contributed by atoms with van der Waals surface area (Å²) in [6, 6.07) is 7.91. The first-order chi connectivity index (χ1) is 11.9. The number of thiazole rings is 1. The van der Waals surface area contributed by atoms with Crippen molar-refractivity contribution in [3.05, 3.63) is 69.3 Å². The third-order valence-corrected chi connectivity index (χ3v) is 5.03. The summed E-state index contributed by atoms with van der Waals surface area (Å²) in [5.74, 6) is -0.265. The lowest BCUT2D eigenvalue weighted by atomic mass is 10.2. The largest absolute Gasteiger partial charge is 0.366 e. The maximum atomic E-state index is 13.1. The van der Waals surface area contributed by atoms with E-state index in [9.17, 15) is 9.18 Å². The molecule has 0 N–H and O–H groups in total. The van der Waals surface area contributed by atoms with Gasteiger partial charge in [-0.2, -0.15) is 0 Å². The zero-order valence-electron chi connectivity index (χ0n) is 14.5. The third-order valence-electron chi connectivity index (χ3n) is 4.07. The second-order valence-corrected chi connectivity index (χ2v) is 7.16. The van der Waals surface area contributed by atoms with E-state index in [1.807, 2.05) is 20.8 Å². The molecule has 0 unspecified atom stereocenters. The molecular weight excluding hydrogens is 337 g/mol. The highest BCUT2D eigenvalue weighted by Gasteiger charge is 2.15. The Morgan fingerprint density at radius 3 is 2.64 bits per heavy atom. The van der Waals surface area contributed by atoms with Gasteiger partial charge in [-0.1, -0.05) is 6.58 Å². The van der Waals surface area contributed by atoms with E-state index < -0.39 is 0 Å². The van der Waals surface area contributed by atoms with Gasteiger partial charge in [0.25, 0.3) is 5.56 Å². The summed E-state index contributed by atoms with van der Waals surface area (Å²) in [5.41, 5.74) is 3.19. The van der Waals surface area contributed by atoms with Crippen molar-refractivity contribution < 1.29 is 4.39 Å². The fourth-order valence-corrected chi connectivity index (χ4v) is 4.00. The van der Waals surface area contributed by atoms with Crippen LogP contribution in [0.4, 0.5) is 10.1 Å². The van der Waals surface area contributed by atoms with E-state index in [0.717, 1.165) is 28.4 Å². The highest BCUT2D eigenvalue weighted by atomic mass is 32.1. The van der Waals surface area contributed by atoms with Crippen LogP contribution < -0.4 is 10.5 Å². The molecule has 3 rings (SSSR count). The average Bonchev–Trinajstić information content (AvgIpc) is 2.90. The fourth-order valence-electron chi connectivity index (χ4n) is 2.93. The standard InChI is InChI=1S/C19H20FN3OS/c1-5-22(16-8-6-14(20)7-9-16)11-15-10-17(24)23-18(12(2)3)13(4)25-19(23)21-15/h6-10H,2,5,11H2,1,3-4H3. The minimum absolute atomic E-state index is 0.0995. The summed E-state index contributed by atoms with van der Waals surface area (Å²) in [5, 5.41) is 0. The molecule has 0 saturated heterocycles. The molecule has 0 radical (unpaired) electrons. The highest BCUT2D eigenvalue weighted by Crippen LogP contribution is 2.25. The van der Waals surface area contributed by atoms with Crippen LogP contribution in [0.2, 0.25) is 0 Å². The van der Waals surface area contributed by atoms with Gasteiger partial charge < -0.3 is 4.90 Å². The van der Waals surface area contributed by atoms with E-state index in [1.54, 1.807) is 22.6 Å². The highest BCUT2D eigenvalue weighted by molar-refractivity contribution is 7.17. The maximum absolute atomic E-state index is 13.1. The molecule has 0 aliphatic heterocycles. The average molecular weight is 357 g/mol. The van der Waals surface area contributed by atoms with E-state index in [2.05, 4.69) is 16.5 Å². The molecule has 0 bridgehead atoms. The molecule has 3 aromatic rings. The molecule has 1 aromatic carbocycles. The van der Waals surface area contributed by atoms with Gasteiger partial charge in [-0.15, -0.1) is 11.3 Å². The van der Waals surface area contributed by atoms with E-state index >= 15 is 0 Å². The molecule has 0 aliphatic rings. The Hall–Kier alpha value is -2.47. The quantitative estimate of drug-likeness (QED) is 0.685. The van der Waals surface area contributed by atoms with Crippen molar-refractivity contribution in [3.63, 3.8) is 0 Å². The third kappa shape index (κ3) is 3.35. The van der Waals surface area contributed by atoms with Crippen LogP contribution in [0.15, 0.2) is 41.7 Å².